The van der Waals surface area contributed by atoms with Crippen molar-refractivity contribution in [2.24, 2.45) is 0 Å². The molecule has 0 aliphatic heterocycles. The molecule has 2 aromatic heterocycles. The standard InChI is InChI=1S/C22H17ClN4O4S/c1-31-18-12-16(11-17(23)13-18)21-20(15-7-9-24-10-8-15)14-27(25-21)22(28)26-32(29,30)19-5-3-2-4-6-19/h2-14H,1H3,(H,26,28). The fourth-order valence-electron chi connectivity index (χ4n) is 3.07. The third-order valence-electron chi connectivity index (χ3n) is 4.57. The van der Waals surface area contributed by atoms with Crippen LogP contribution in [0.3, 0.4) is 0 Å². The van der Waals surface area contributed by atoms with E-state index in [2.05, 4.69) is 10.1 Å². The first kappa shape index (κ1) is 21.5. The lowest BCUT2D eigenvalue weighted by Gasteiger charge is -2.07. The molecule has 0 aliphatic rings. The zero-order chi connectivity index (χ0) is 22.7. The van der Waals surface area contributed by atoms with E-state index >= 15 is 0 Å². The number of nitrogens with zero attached hydrogens (tertiary/aromatic N) is 3. The predicted molar refractivity (Wildman–Crippen MR) is 120 cm³/mol. The molecule has 0 bridgehead atoms. The van der Waals surface area contributed by atoms with Crippen LogP contribution in [0.1, 0.15) is 0 Å². The quantitative estimate of drug-likeness (QED) is 0.470. The summed E-state index contributed by atoms with van der Waals surface area (Å²) in [6.07, 6.45) is 4.66. The molecule has 0 atom stereocenters. The van der Waals surface area contributed by atoms with Crippen molar-refractivity contribution in [2.45, 2.75) is 4.90 Å². The van der Waals surface area contributed by atoms with Gasteiger partial charge in [0.25, 0.3) is 10.0 Å². The fraction of sp³-hybridized carbons (Fsp3) is 0.0455. The third kappa shape index (κ3) is 4.48. The van der Waals surface area contributed by atoms with Crippen molar-refractivity contribution in [3.05, 3.63) is 84.3 Å². The van der Waals surface area contributed by atoms with Crippen LogP contribution in [0.4, 0.5) is 4.79 Å². The number of carbonyl (C=O) groups is 1. The van der Waals surface area contributed by atoms with Crippen LogP contribution in [-0.4, -0.2) is 36.3 Å². The van der Waals surface area contributed by atoms with Gasteiger partial charge in [0.15, 0.2) is 0 Å². The largest absolute Gasteiger partial charge is 0.497 e. The molecule has 2 aromatic carbocycles. The van der Waals surface area contributed by atoms with E-state index in [9.17, 15) is 13.2 Å². The second-order valence-electron chi connectivity index (χ2n) is 6.68. The Morgan fingerprint density at radius 3 is 2.44 bits per heavy atom. The lowest BCUT2D eigenvalue weighted by Crippen LogP contribution is -2.34. The summed E-state index contributed by atoms with van der Waals surface area (Å²) >= 11 is 6.22. The van der Waals surface area contributed by atoms with Crippen molar-refractivity contribution in [3.8, 4) is 28.1 Å². The summed E-state index contributed by atoms with van der Waals surface area (Å²) in [5.41, 5.74) is 2.34. The molecule has 0 radical (unpaired) electrons. The van der Waals surface area contributed by atoms with Gasteiger partial charge in [-0.2, -0.15) is 9.78 Å². The first-order valence-corrected chi connectivity index (χ1v) is 11.2. The number of nitrogens with one attached hydrogen (secondary N) is 1. The Hall–Kier alpha value is -3.69. The van der Waals surface area contributed by atoms with Gasteiger partial charge < -0.3 is 4.74 Å². The molecule has 0 fully saturated rings. The zero-order valence-electron chi connectivity index (χ0n) is 16.8. The molecular formula is C22H17ClN4O4S. The van der Waals surface area contributed by atoms with E-state index in [0.717, 1.165) is 10.2 Å². The molecule has 162 valence electrons. The highest BCUT2D eigenvalue weighted by Crippen LogP contribution is 2.34. The van der Waals surface area contributed by atoms with Gasteiger partial charge >= 0.3 is 6.03 Å². The highest BCUT2D eigenvalue weighted by Gasteiger charge is 2.22. The van der Waals surface area contributed by atoms with E-state index in [0.29, 0.717) is 27.6 Å². The van der Waals surface area contributed by atoms with Gasteiger partial charge in [-0.15, -0.1) is 0 Å². The molecule has 2 heterocycles. The maximum absolute atomic E-state index is 12.8. The Labute approximate surface area is 189 Å². The van der Waals surface area contributed by atoms with Crippen LogP contribution >= 0.6 is 11.6 Å². The van der Waals surface area contributed by atoms with E-state index in [-0.39, 0.29) is 4.90 Å². The van der Waals surface area contributed by atoms with Crippen LogP contribution in [0.25, 0.3) is 22.4 Å². The van der Waals surface area contributed by atoms with Gasteiger partial charge in [0.1, 0.15) is 11.4 Å². The van der Waals surface area contributed by atoms with Crippen LogP contribution in [0, 0.1) is 0 Å². The van der Waals surface area contributed by atoms with E-state index in [1.165, 1.54) is 25.4 Å². The monoisotopic (exact) mass is 468 g/mol. The van der Waals surface area contributed by atoms with Gasteiger partial charge in [0.2, 0.25) is 0 Å². The molecule has 10 heteroatoms. The number of sulfonamides is 1. The minimum atomic E-state index is -4.07. The number of methoxy groups -OCH3 is 1. The van der Waals surface area contributed by atoms with Crippen LogP contribution in [0.5, 0.6) is 5.75 Å². The summed E-state index contributed by atoms with van der Waals surface area (Å²) in [6, 6.07) is 15.2. The summed E-state index contributed by atoms with van der Waals surface area (Å²) in [6.45, 7) is 0. The lowest BCUT2D eigenvalue weighted by molar-refractivity contribution is 0.244. The van der Waals surface area contributed by atoms with Gasteiger partial charge in [-0.25, -0.2) is 17.9 Å². The fourth-order valence-corrected chi connectivity index (χ4v) is 4.25. The maximum atomic E-state index is 12.8. The van der Waals surface area contributed by atoms with Crippen LogP contribution in [0.15, 0.2) is 84.1 Å². The molecule has 4 aromatic rings. The first-order valence-electron chi connectivity index (χ1n) is 9.34. The number of hydrogen-bond acceptors (Lipinski definition) is 6. The Morgan fingerprint density at radius 2 is 1.75 bits per heavy atom. The summed E-state index contributed by atoms with van der Waals surface area (Å²) in [5, 5.41) is 4.78. The van der Waals surface area contributed by atoms with Gasteiger partial charge in [0, 0.05) is 34.7 Å². The average molecular weight is 469 g/mol. The lowest BCUT2D eigenvalue weighted by atomic mass is 10.0. The van der Waals surface area contributed by atoms with Gasteiger partial charge in [-0.3, -0.25) is 4.98 Å². The number of amides is 1. The molecular weight excluding hydrogens is 452 g/mol. The number of pyridine rings is 1. The molecule has 0 saturated heterocycles. The molecule has 4 rings (SSSR count). The van der Waals surface area contributed by atoms with Crippen molar-refractivity contribution >= 4 is 27.7 Å². The number of halogens is 1. The highest BCUT2D eigenvalue weighted by atomic mass is 35.5. The molecule has 0 saturated carbocycles. The van der Waals surface area contributed by atoms with Crippen molar-refractivity contribution in [1.29, 1.82) is 0 Å². The van der Waals surface area contributed by atoms with Crippen LogP contribution in [-0.2, 0) is 10.0 Å². The van der Waals surface area contributed by atoms with Crippen LogP contribution < -0.4 is 9.46 Å². The Kier molecular flexibility index (Phi) is 5.93. The number of aromatic nitrogens is 3. The van der Waals surface area contributed by atoms with Crippen molar-refractivity contribution in [3.63, 3.8) is 0 Å². The minimum absolute atomic E-state index is 0.0327. The average Bonchev–Trinajstić information content (AvgIpc) is 3.25. The van der Waals surface area contributed by atoms with Crippen molar-refractivity contribution in [2.75, 3.05) is 7.11 Å². The van der Waals surface area contributed by atoms with E-state index in [4.69, 9.17) is 16.3 Å². The molecule has 1 N–H and O–H groups in total. The topological polar surface area (TPSA) is 103 Å². The summed E-state index contributed by atoms with van der Waals surface area (Å²) in [5.74, 6) is 0.513. The van der Waals surface area contributed by atoms with E-state index in [1.807, 2.05) is 4.72 Å². The number of benzene rings is 2. The Morgan fingerprint density at radius 1 is 1.03 bits per heavy atom. The number of hydrogen-bond donors (Lipinski definition) is 1. The third-order valence-corrected chi connectivity index (χ3v) is 6.12. The Balaban J connectivity index is 1.78. The molecule has 0 unspecified atom stereocenters. The normalized spacial score (nSPS) is 11.2. The van der Waals surface area contributed by atoms with Gasteiger partial charge in [-0.05, 0) is 48.0 Å². The van der Waals surface area contributed by atoms with E-state index in [1.54, 1.807) is 60.9 Å². The van der Waals surface area contributed by atoms with E-state index < -0.39 is 16.1 Å². The number of rotatable bonds is 5. The summed E-state index contributed by atoms with van der Waals surface area (Å²) < 4.78 is 33.4. The zero-order valence-corrected chi connectivity index (χ0v) is 18.3. The molecule has 8 nitrogen and oxygen atoms in total. The summed E-state index contributed by atoms with van der Waals surface area (Å²) in [4.78, 5) is 16.8. The molecule has 1 amide bonds. The van der Waals surface area contributed by atoms with Crippen molar-refractivity contribution < 1.29 is 17.9 Å². The second kappa shape index (κ2) is 8.81. The molecule has 0 spiro atoms. The Bertz CT molecular complexity index is 1370. The highest BCUT2D eigenvalue weighted by molar-refractivity contribution is 7.90. The van der Waals surface area contributed by atoms with Gasteiger partial charge in [-0.1, -0.05) is 29.8 Å². The smallest absolute Gasteiger partial charge is 0.355 e. The van der Waals surface area contributed by atoms with Crippen LogP contribution in [0.2, 0.25) is 5.02 Å². The van der Waals surface area contributed by atoms with Crippen molar-refractivity contribution in [1.82, 2.24) is 19.5 Å². The molecule has 32 heavy (non-hydrogen) atoms. The first-order chi connectivity index (χ1) is 15.4. The number of ether oxygens (including phenoxy) is 1. The van der Waals surface area contributed by atoms with Gasteiger partial charge in [0.05, 0.1) is 12.0 Å². The molecule has 0 aliphatic carbocycles. The SMILES string of the molecule is COc1cc(Cl)cc(-c2nn(C(=O)NS(=O)(=O)c3ccccc3)cc2-c2ccncc2)c1. The number of carbonyl (C=O) groups excluding carboxylic acids is 1. The second-order valence-corrected chi connectivity index (χ2v) is 8.79. The predicted octanol–water partition coefficient (Wildman–Crippen LogP) is 4.22. The maximum Gasteiger partial charge on any atom is 0.355 e. The summed E-state index contributed by atoms with van der Waals surface area (Å²) in [7, 11) is -2.56. The minimum Gasteiger partial charge on any atom is -0.497 e.